The zero-order valence-electron chi connectivity index (χ0n) is 12.4. The summed E-state index contributed by atoms with van der Waals surface area (Å²) < 4.78 is 38.4. The maximum atomic E-state index is 12.8. The molecule has 0 aromatic heterocycles. The van der Waals surface area contributed by atoms with Crippen molar-refractivity contribution in [1.82, 2.24) is 5.32 Å². The Morgan fingerprint density at radius 2 is 1.87 bits per heavy atom. The fourth-order valence-electron chi connectivity index (χ4n) is 1.99. The van der Waals surface area contributed by atoms with E-state index in [4.69, 9.17) is 0 Å². The minimum absolute atomic E-state index is 0.0288. The molecule has 0 heterocycles. The highest BCUT2D eigenvalue weighted by Crippen LogP contribution is 2.31. The SMILES string of the molecule is Cc1cccc(C(=O)NCC#Cc2ccccc2C(F)(F)F)c1. The topological polar surface area (TPSA) is 29.1 Å². The molecule has 2 aromatic carbocycles. The smallest absolute Gasteiger partial charge is 0.341 e. The summed E-state index contributed by atoms with van der Waals surface area (Å²) in [6.07, 6.45) is -4.45. The molecule has 5 heteroatoms. The van der Waals surface area contributed by atoms with E-state index in [2.05, 4.69) is 17.2 Å². The lowest BCUT2D eigenvalue weighted by atomic mass is 10.1. The number of rotatable bonds is 2. The van der Waals surface area contributed by atoms with Gasteiger partial charge in [-0.2, -0.15) is 13.2 Å². The summed E-state index contributed by atoms with van der Waals surface area (Å²) in [6.45, 7) is 1.84. The Bertz CT molecular complexity index is 770. The second-order valence-electron chi connectivity index (χ2n) is 4.90. The number of aryl methyl sites for hydroxylation is 1. The molecule has 2 nitrogen and oxygen atoms in total. The number of amides is 1. The zero-order chi connectivity index (χ0) is 16.9. The normalized spacial score (nSPS) is 10.6. The summed E-state index contributed by atoms with van der Waals surface area (Å²) in [5, 5.41) is 2.56. The minimum Gasteiger partial charge on any atom is -0.341 e. The van der Waals surface area contributed by atoms with Gasteiger partial charge < -0.3 is 5.32 Å². The van der Waals surface area contributed by atoms with Crippen LogP contribution in [0.5, 0.6) is 0 Å². The molecule has 0 aliphatic heterocycles. The number of nitrogens with one attached hydrogen (secondary N) is 1. The van der Waals surface area contributed by atoms with E-state index >= 15 is 0 Å². The van der Waals surface area contributed by atoms with Crippen molar-refractivity contribution in [3.05, 3.63) is 70.8 Å². The number of hydrogen-bond donors (Lipinski definition) is 1. The Hall–Kier alpha value is -2.74. The van der Waals surface area contributed by atoms with E-state index < -0.39 is 11.7 Å². The van der Waals surface area contributed by atoms with Crippen molar-refractivity contribution in [2.75, 3.05) is 6.54 Å². The third kappa shape index (κ3) is 4.62. The van der Waals surface area contributed by atoms with Gasteiger partial charge in [-0.1, -0.05) is 41.7 Å². The van der Waals surface area contributed by atoms with Crippen molar-refractivity contribution in [3.63, 3.8) is 0 Å². The molecule has 0 aliphatic rings. The molecule has 0 saturated carbocycles. The Morgan fingerprint density at radius 1 is 1.13 bits per heavy atom. The van der Waals surface area contributed by atoms with Gasteiger partial charge in [0.1, 0.15) is 0 Å². The van der Waals surface area contributed by atoms with Crippen molar-refractivity contribution < 1.29 is 18.0 Å². The highest BCUT2D eigenvalue weighted by atomic mass is 19.4. The summed E-state index contributed by atoms with van der Waals surface area (Å²) in [6, 6.07) is 12.1. The van der Waals surface area contributed by atoms with Gasteiger partial charge in [-0.15, -0.1) is 0 Å². The van der Waals surface area contributed by atoms with Gasteiger partial charge in [-0.3, -0.25) is 4.79 Å². The molecule has 23 heavy (non-hydrogen) atoms. The first kappa shape index (κ1) is 16.6. The number of alkyl halides is 3. The van der Waals surface area contributed by atoms with Crippen LogP contribution in [0.25, 0.3) is 0 Å². The summed E-state index contributed by atoms with van der Waals surface area (Å²) in [5.74, 6) is 4.69. The number of carbonyl (C=O) groups is 1. The lowest BCUT2D eigenvalue weighted by Gasteiger charge is -2.08. The molecular formula is C18H14F3NO. The van der Waals surface area contributed by atoms with E-state index in [9.17, 15) is 18.0 Å². The average Bonchev–Trinajstić information content (AvgIpc) is 2.51. The predicted molar refractivity (Wildman–Crippen MR) is 81.8 cm³/mol. The van der Waals surface area contributed by atoms with E-state index in [0.29, 0.717) is 5.56 Å². The van der Waals surface area contributed by atoms with Gasteiger partial charge in [0.05, 0.1) is 12.1 Å². The Labute approximate surface area is 132 Å². The van der Waals surface area contributed by atoms with Gasteiger partial charge in [0.25, 0.3) is 5.91 Å². The third-order valence-electron chi connectivity index (χ3n) is 3.07. The van der Waals surface area contributed by atoms with Gasteiger partial charge in [0.2, 0.25) is 0 Å². The van der Waals surface area contributed by atoms with Crippen LogP contribution in [0.3, 0.4) is 0 Å². The van der Waals surface area contributed by atoms with Gasteiger partial charge in [-0.25, -0.2) is 0 Å². The van der Waals surface area contributed by atoms with Crippen molar-refractivity contribution in [1.29, 1.82) is 0 Å². The van der Waals surface area contributed by atoms with Crippen molar-refractivity contribution in [2.45, 2.75) is 13.1 Å². The monoisotopic (exact) mass is 317 g/mol. The quantitative estimate of drug-likeness (QED) is 0.839. The van der Waals surface area contributed by atoms with Crippen LogP contribution in [-0.2, 0) is 6.18 Å². The van der Waals surface area contributed by atoms with Crippen LogP contribution < -0.4 is 5.32 Å². The molecular weight excluding hydrogens is 303 g/mol. The Balaban J connectivity index is 2.03. The van der Waals surface area contributed by atoms with Crippen molar-refractivity contribution >= 4 is 5.91 Å². The highest BCUT2D eigenvalue weighted by molar-refractivity contribution is 5.94. The summed E-state index contributed by atoms with van der Waals surface area (Å²) in [7, 11) is 0. The van der Waals surface area contributed by atoms with Gasteiger partial charge in [0, 0.05) is 11.1 Å². The van der Waals surface area contributed by atoms with Gasteiger partial charge in [0.15, 0.2) is 0 Å². The molecule has 0 atom stereocenters. The molecule has 0 saturated heterocycles. The van der Waals surface area contributed by atoms with Crippen LogP contribution >= 0.6 is 0 Å². The first-order valence-corrected chi connectivity index (χ1v) is 6.88. The molecule has 0 radical (unpaired) electrons. The molecule has 0 fully saturated rings. The fourth-order valence-corrected chi connectivity index (χ4v) is 1.99. The minimum atomic E-state index is -4.45. The molecule has 0 unspecified atom stereocenters. The molecule has 1 amide bonds. The van der Waals surface area contributed by atoms with E-state index in [0.717, 1.165) is 11.6 Å². The first-order valence-electron chi connectivity index (χ1n) is 6.88. The lowest BCUT2D eigenvalue weighted by Crippen LogP contribution is -2.23. The van der Waals surface area contributed by atoms with E-state index in [1.54, 1.807) is 18.2 Å². The second kappa shape index (κ2) is 7.01. The highest BCUT2D eigenvalue weighted by Gasteiger charge is 2.32. The Kier molecular flexibility index (Phi) is 5.07. The molecule has 0 spiro atoms. The number of carbonyl (C=O) groups excluding carboxylic acids is 1. The van der Waals surface area contributed by atoms with Crippen LogP contribution in [-0.4, -0.2) is 12.5 Å². The molecule has 118 valence electrons. The van der Waals surface area contributed by atoms with Crippen LogP contribution in [0.1, 0.15) is 27.0 Å². The van der Waals surface area contributed by atoms with Crippen LogP contribution in [0.4, 0.5) is 13.2 Å². The molecule has 2 aromatic rings. The fraction of sp³-hybridized carbons (Fsp3) is 0.167. The first-order chi connectivity index (χ1) is 10.9. The number of hydrogen-bond acceptors (Lipinski definition) is 1. The number of halogens is 3. The molecule has 1 N–H and O–H groups in total. The second-order valence-corrected chi connectivity index (χ2v) is 4.90. The van der Waals surface area contributed by atoms with E-state index in [-0.39, 0.29) is 18.0 Å². The average molecular weight is 317 g/mol. The van der Waals surface area contributed by atoms with E-state index in [1.807, 2.05) is 13.0 Å². The van der Waals surface area contributed by atoms with Crippen LogP contribution in [0.15, 0.2) is 48.5 Å². The number of benzene rings is 2. The molecule has 0 aliphatic carbocycles. The Morgan fingerprint density at radius 3 is 2.57 bits per heavy atom. The molecule has 2 rings (SSSR count). The maximum Gasteiger partial charge on any atom is 0.417 e. The summed E-state index contributed by atoms with van der Waals surface area (Å²) in [4.78, 5) is 11.9. The third-order valence-corrected chi connectivity index (χ3v) is 3.07. The lowest BCUT2D eigenvalue weighted by molar-refractivity contribution is -0.137. The largest absolute Gasteiger partial charge is 0.417 e. The van der Waals surface area contributed by atoms with Crippen LogP contribution in [0, 0.1) is 18.8 Å². The standard InChI is InChI=1S/C18H14F3NO/c1-13-6-4-8-15(12-13)17(23)22-11-5-9-14-7-2-3-10-16(14)18(19,20)21/h2-4,6-8,10,12H,11H2,1H3,(H,22,23). The van der Waals surface area contributed by atoms with Gasteiger partial charge >= 0.3 is 6.18 Å². The van der Waals surface area contributed by atoms with Crippen molar-refractivity contribution in [2.24, 2.45) is 0 Å². The summed E-state index contributed by atoms with van der Waals surface area (Å²) >= 11 is 0. The zero-order valence-corrected chi connectivity index (χ0v) is 12.4. The van der Waals surface area contributed by atoms with Crippen LogP contribution in [0.2, 0.25) is 0 Å². The van der Waals surface area contributed by atoms with Gasteiger partial charge in [-0.05, 0) is 31.2 Å². The van der Waals surface area contributed by atoms with Crippen molar-refractivity contribution in [3.8, 4) is 11.8 Å². The van der Waals surface area contributed by atoms with E-state index in [1.165, 1.54) is 18.2 Å². The summed E-state index contributed by atoms with van der Waals surface area (Å²) in [5.41, 5.74) is 0.549. The predicted octanol–water partition coefficient (Wildman–Crippen LogP) is 3.80. The maximum absolute atomic E-state index is 12.8. The molecule has 0 bridgehead atoms.